The van der Waals surface area contributed by atoms with Crippen LogP contribution in [0.3, 0.4) is 0 Å². The lowest BCUT2D eigenvalue weighted by atomic mass is 10.2. The highest BCUT2D eigenvalue weighted by atomic mass is 35.5. The van der Waals surface area contributed by atoms with Gasteiger partial charge in [0.05, 0.1) is 10.6 Å². The van der Waals surface area contributed by atoms with Gasteiger partial charge < -0.3 is 4.90 Å². The number of rotatable bonds is 4. The number of alkyl halides is 1. The van der Waals surface area contributed by atoms with Crippen LogP contribution in [-0.2, 0) is 0 Å². The van der Waals surface area contributed by atoms with E-state index in [4.69, 9.17) is 23.2 Å². The average molecular weight is 264 g/mol. The summed E-state index contributed by atoms with van der Waals surface area (Å²) in [6, 6.07) is 4.17. The van der Waals surface area contributed by atoms with Crippen molar-refractivity contribution in [3.8, 4) is 0 Å². The van der Waals surface area contributed by atoms with Gasteiger partial charge in [-0.2, -0.15) is 0 Å². The summed E-state index contributed by atoms with van der Waals surface area (Å²) in [5.74, 6) is -0.720. The Bertz CT molecular complexity index is 364. The van der Waals surface area contributed by atoms with E-state index < -0.39 is 11.7 Å². The minimum absolute atomic E-state index is 0.0869. The molecule has 0 bridgehead atoms. The Kier molecular flexibility index (Phi) is 5.03. The molecule has 0 atom stereocenters. The molecule has 0 aliphatic heterocycles. The standard InChI is InChI=1S/C11H12Cl2FNO/c1-2-15(7-6-12)11(16)10-8(13)4-3-5-9(10)14/h3-5H,2,6-7H2,1H3. The van der Waals surface area contributed by atoms with Gasteiger partial charge >= 0.3 is 0 Å². The van der Waals surface area contributed by atoms with E-state index in [-0.39, 0.29) is 10.6 Å². The molecule has 0 aromatic heterocycles. The largest absolute Gasteiger partial charge is 0.338 e. The van der Waals surface area contributed by atoms with Gasteiger partial charge in [-0.1, -0.05) is 17.7 Å². The molecule has 2 nitrogen and oxygen atoms in total. The second-order valence-electron chi connectivity index (χ2n) is 3.17. The summed E-state index contributed by atoms with van der Waals surface area (Å²) in [7, 11) is 0. The number of halogens is 3. The van der Waals surface area contributed by atoms with Gasteiger partial charge in [-0.05, 0) is 19.1 Å². The first-order chi connectivity index (χ1) is 7.61. The predicted molar refractivity (Wildman–Crippen MR) is 63.7 cm³/mol. The molecule has 1 aromatic carbocycles. The SMILES string of the molecule is CCN(CCCl)C(=O)c1c(F)cccc1Cl. The molecule has 0 spiro atoms. The van der Waals surface area contributed by atoms with Crippen molar-refractivity contribution in [2.75, 3.05) is 19.0 Å². The molecule has 0 unspecified atom stereocenters. The first-order valence-corrected chi connectivity index (χ1v) is 5.82. The number of amides is 1. The minimum Gasteiger partial charge on any atom is -0.338 e. The second-order valence-corrected chi connectivity index (χ2v) is 3.96. The Morgan fingerprint density at radius 1 is 1.50 bits per heavy atom. The fourth-order valence-corrected chi connectivity index (χ4v) is 1.81. The summed E-state index contributed by atoms with van der Waals surface area (Å²) in [4.78, 5) is 13.4. The molecule has 0 N–H and O–H groups in total. The van der Waals surface area contributed by atoms with Crippen molar-refractivity contribution in [1.82, 2.24) is 4.90 Å². The van der Waals surface area contributed by atoms with E-state index in [0.29, 0.717) is 19.0 Å². The molecule has 88 valence electrons. The Morgan fingerprint density at radius 3 is 2.69 bits per heavy atom. The first kappa shape index (κ1) is 13.3. The third-order valence-electron chi connectivity index (χ3n) is 2.20. The normalized spacial score (nSPS) is 10.2. The lowest BCUT2D eigenvalue weighted by Crippen LogP contribution is -2.33. The number of carbonyl (C=O) groups excluding carboxylic acids is 1. The molecule has 5 heteroatoms. The molecule has 0 radical (unpaired) electrons. The molecule has 0 fully saturated rings. The van der Waals surface area contributed by atoms with Crippen molar-refractivity contribution < 1.29 is 9.18 Å². The highest BCUT2D eigenvalue weighted by molar-refractivity contribution is 6.33. The van der Waals surface area contributed by atoms with E-state index in [0.717, 1.165) is 0 Å². The summed E-state index contributed by atoms with van der Waals surface area (Å²) < 4.78 is 13.5. The lowest BCUT2D eigenvalue weighted by molar-refractivity contribution is 0.0769. The van der Waals surface area contributed by atoms with Crippen molar-refractivity contribution in [3.63, 3.8) is 0 Å². The topological polar surface area (TPSA) is 20.3 Å². The minimum atomic E-state index is -0.606. The monoisotopic (exact) mass is 263 g/mol. The summed E-state index contributed by atoms with van der Waals surface area (Å²) in [5.41, 5.74) is -0.0869. The molecule has 16 heavy (non-hydrogen) atoms. The van der Waals surface area contributed by atoms with Gasteiger partial charge in [-0.15, -0.1) is 11.6 Å². The van der Waals surface area contributed by atoms with Crippen LogP contribution in [-0.4, -0.2) is 29.8 Å². The number of hydrogen-bond acceptors (Lipinski definition) is 1. The number of benzene rings is 1. The number of hydrogen-bond donors (Lipinski definition) is 0. The Balaban J connectivity index is 3.03. The number of nitrogens with zero attached hydrogens (tertiary/aromatic N) is 1. The summed E-state index contributed by atoms with van der Waals surface area (Å²) in [6.45, 7) is 2.65. The average Bonchev–Trinajstić information content (AvgIpc) is 2.25. The third kappa shape index (κ3) is 2.86. The van der Waals surface area contributed by atoms with E-state index in [1.165, 1.54) is 23.1 Å². The van der Waals surface area contributed by atoms with Gasteiger partial charge in [-0.3, -0.25) is 4.79 Å². The quantitative estimate of drug-likeness (QED) is 0.765. The third-order valence-corrected chi connectivity index (χ3v) is 2.68. The van der Waals surface area contributed by atoms with E-state index >= 15 is 0 Å². The molecule has 0 aliphatic carbocycles. The second kappa shape index (κ2) is 6.06. The number of carbonyl (C=O) groups is 1. The molecule has 0 saturated carbocycles. The van der Waals surface area contributed by atoms with E-state index in [9.17, 15) is 9.18 Å². The van der Waals surface area contributed by atoms with Crippen LogP contribution in [0.25, 0.3) is 0 Å². The van der Waals surface area contributed by atoms with Crippen molar-refractivity contribution in [3.05, 3.63) is 34.6 Å². The first-order valence-electron chi connectivity index (χ1n) is 4.91. The van der Waals surface area contributed by atoms with Crippen LogP contribution in [0.15, 0.2) is 18.2 Å². The zero-order valence-electron chi connectivity index (χ0n) is 8.84. The van der Waals surface area contributed by atoms with Crippen LogP contribution in [0.1, 0.15) is 17.3 Å². The molecular weight excluding hydrogens is 252 g/mol. The van der Waals surface area contributed by atoms with Gasteiger partial charge in [0.1, 0.15) is 5.82 Å². The van der Waals surface area contributed by atoms with Crippen LogP contribution in [0.2, 0.25) is 5.02 Å². The zero-order valence-corrected chi connectivity index (χ0v) is 10.4. The predicted octanol–water partition coefficient (Wildman–Crippen LogP) is 3.18. The molecule has 0 heterocycles. The van der Waals surface area contributed by atoms with Gasteiger partial charge in [0.15, 0.2) is 0 Å². The van der Waals surface area contributed by atoms with Crippen molar-refractivity contribution in [2.45, 2.75) is 6.92 Å². The van der Waals surface area contributed by atoms with Crippen molar-refractivity contribution in [1.29, 1.82) is 0 Å². The highest BCUT2D eigenvalue weighted by Crippen LogP contribution is 2.20. The molecule has 0 aliphatic rings. The van der Waals surface area contributed by atoms with Crippen molar-refractivity contribution >= 4 is 29.1 Å². The smallest absolute Gasteiger partial charge is 0.258 e. The van der Waals surface area contributed by atoms with Gasteiger partial charge in [0, 0.05) is 19.0 Å². The summed E-state index contributed by atoms with van der Waals surface area (Å²) >= 11 is 11.4. The summed E-state index contributed by atoms with van der Waals surface area (Å²) in [5, 5.41) is 0.123. The van der Waals surface area contributed by atoms with Crippen LogP contribution < -0.4 is 0 Å². The van der Waals surface area contributed by atoms with Gasteiger partial charge in [0.25, 0.3) is 5.91 Å². The van der Waals surface area contributed by atoms with Gasteiger partial charge in [-0.25, -0.2) is 4.39 Å². The summed E-state index contributed by atoms with van der Waals surface area (Å²) in [6.07, 6.45) is 0. The van der Waals surface area contributed by atoms with E-state index in [1.807, 2.05) is 0 Å². The zero-order chi connectivity index (χ0) is 12.1. The highest BCUT2D eigenvalue weighted by Gasteiger charge is 2.20. The van der Waals surface area contributed by atoms with Crippen LogP contribution >= 0.6 is 23.2 Å². The Morgan fingerprint density at radius 2 is 2.19 bits per heavy atom. The fourth-order valence-electron chi connectivity index (χ4n) is 1.37. The van der Waals surface area contributed by atoms with Crippen molar-refractivity contribution in [2.24, 2.45) is 0 Å². The maximum Gasteiger partial charge on any atom is 0.258 e. The maximum absolute atomic E-state index is 13.5. The van der Waals surface area contributed by atoms with E-state index in [1.54, 1.807) is 6.92 Å². The van der Waals surface area contributed by atoms with Crippen LogP contribution in [0, 0.1) is 5.82 Å². The van der Waals surface area contributed by atoms with Crippen LogP contribution in [0.5, 0.6) is 0 Å². The Labute approximate surface area is 104 Å². The lowest BCUT2D eigenvalue weighted by Gasteiger charge is -2.20. The van der Waals surface area contributed by atoms with Gasteiger partial charge in [0.2, 0.25) is 0 Å². The molecular formula is C11H12Cl2FNO. The molecule has 0 saturated heterocycles. The van der Waals surface area contributed by atoms with Crippen LogP contribution in [0.4, 0.5) is 4.39 Å². The maximum atomic E-state index is 13.5. The Hall–Kier alpha value is -0.800. The van der Waals surface area contributed by atoms with E-state index in [2.05, 4.69) is 0 Å². The molecule has 1 aromatic rings. The molecule has 1 rings (SSSR count). The molecule has 1 amide bonds. The fraction of sp³-hybridized carbons (Fsp3) is 0.364.